The highest BCUT2D eigenvalue weighted by Crippen LogP contribution is 2.38. The molecule has 1 N–H and O–H groups in total. The van der Waals surface area contributed by atoms with Gasteiger partial charge in [0.05, 0.1) is 10.6 Å². The van der Waals surface area contributed by atoms with Crippen molar-refractivity contribution < 1.29 is 9.59 Å². The Balaban J connectivity index is 1.52. The van der Waals surface area contributed by atoms with Crippen molar-refractivity contribution in [3.05, 3.63) is 78.6 Å². The Labute approximate surface area is 178 Å². The highest BCUT2D eigenvalue weighted by Gasteiger charge is 2.19. The predicted octanol–water partition coefficient (Wildman–Crippen LogP) is 4.81. The molecule has 2 aromatic heterocycles. The highest BCUT2D eigenvalue weighted by atomic mass is 32.1. The van der Waals surface area contributed by atoms with Crippen LogP contribution >= 0.6 is 11.3 Å². The molecule has 0 aliphatic heterocycles. The Hall–Kier alpha value is -3.58. The van der Waals surface area contributed by atoms with Gasteiger partial charge in [-0.25, -0.2) is 9.97 Å². The molecule has 0 spiro atoms. The Bertz CT molecular complexity index is 1170. The molecule has 2 heterocycles. The molecule has 0 saturated carbocycles. The number of thiazole rings is 1. The summed E-state index contributed by atoms with van der Waals surface area (Å²) in [5.74, 6) is 0.494. The summed E-state index contributed by atoms with van der Waals surface area (Å²) in [6.07, 6.45) is 3.86. The van der Waals surface area contributed by atoms with E-state index >= 15 is 0 Å². The zero-order valence-corrected chi connectivity index (χ0v) is 17.2. The minimum absolute atomic E-state index is 0.0523. The number of nitrogens with zero attached hydrogens (tertiary/aromatic N) is 3. The molecule has 6 nitrogen and oxygen atoms in total. The lowest BCUT2D eigenvalue weighted by atomic mass is 10.1. The van der Waals surface area contributed by atoms with Crippen molar-refractivity contribution in [1.29, 1.82) is 0 Å². The molecule has 0 atom stereocenters. The first-order chi connectivity index (χ1) is 14.6. The van der Waals surface area contributed by atoms with Gasteiger partial charge in [-0.05, 0) is 0 Å². The number of aryl methyl sites for hydroxylation is 1. The first kappa shape index (κ1) is 19.7. The van der Waals surface area contributed by atoms with E-state index in [1.807, 2.05) is 66.3 Å². The van der Waals surface area contributed by atoms with Crippen molar-refractivity contribution >= 4 is 28.2 Å². The maximum absolute atomic E-state index is 12.4. The largest absolute Gasteiger partial charge is 0.333 e. The molecule has 0 fully saturated rings. The van der Waals surface area contributed by atoms with Crippen LogP contribution in [0.25, 0.3) is 22.0 Å². The Morgan fingerprint density at radius 1 is 1.00 bits per heavy atom. The topological polar surface area (TPSA) is 76.9 Å². The first-order valence-electron chi connectivity index (χ1n) is 9.54. The van der Waals surface area contributed by atoms with Gasteiger partial charge >= 0.3 is 0 Å². The molecule has 0 bridgehead atoms. The molecule has 0 aliphatic carbocycles. The van der Waals surface area contributed by atoms with E-state index in [1.54, 1.807) is 18.3 Å². The van der Waals surface area contributed by atoms with Crippen LogP contribution in [0.1, 0.15) is 23.2 Å². The third-order valence-corrected chi connectivity index (χ3v) is 5.59. The van der Waals surface area contributed by atoms with Crippen molar-refractivity contribution in [2.24, 2.45) is 7.05 Å². The quantitative estimate of drug-likeness (QED) is 0.439. The SMILES string of the molecule is Cn1ccnc1-c1sc(NC(=O)CCC(=O)c2ccccc2)nc1-c1ccccc1. The second kappa shape index (κ2) is 8.84. The lowest BCUT2D eigenvalue weighted by molar-refractivity contribution is -0.116. The van der Waals surface area contributed by atoms with Gasteiger partial charge in [0.25, 0.3) is 0 Å². The Morgan fingerprint density at radius 3 is 2.37 bits per heavy atom. The molecule has 2 aromatic carbocycles. The molecule has 0 aliphatic rings. The number of ketones is 1. The van der Waals surface area contributed by atoms with Crippen LogP contribution in [-0.4, -0.2) is 26.2 Å². The fourth-order valence-corrected chi connectivity index (χ4v) is 4.12. The van der Waals surface area contributed by atoms with Crippen molar-refractivity contribution in [3.63, 3.8) is 0 Å². The van der Waals surface area contributed by atoms with Gasteiger partial charge in [-0.3, -0.25) is 9.59 Å². The van der Waals surface area contributed by atoms with E-state index in [9.17, 15) is 9.59 Å². The van der Waals surface area contributed by atoms with Gasteiger partial charge in [-0.2, -0.15) is 0 Å². The molecule has 7 heteroatoms. The first-order valence-corrected chi connectivity index (χ1v) is 10.4. The summed E-state index contributed by atoms with van der Waals surface area (Å²) < 4.78 is 1.92. The van der Waals surface area contributed by atoms with Crippen LogP contribution in [0.2, 0.25) is 0 Å². The van der Waals surface area contributed by atoms with Gasteiger partial charge in [0, 0.05) is 43.4 Å². The predicted molar refractivity (Wildman–Crippen MR) is 118 cm³/mol. The number of amides is 1. The summed E-state index contributed by atoms with van der Waals surface area (Å²) in [7, 11) is 1.92. The van der Waals surface area contributed by atoms with Crippen LogP contribution in [-0.2, 0) is 11.8 Å². The molecule has 1 amide bonds. The number of carbonyl (C=O) groups excluding carboxylic acids is 2. The maximum atomic E-state index is 12.4. The Morgan fingerprint density at radius 2 is 1.70 bits per heavy atom. The van der Waals surface area contributed by atoms with Crippen molar-refractivity contribution in [2.75, 3.05) is 5.32 Å². The van der Waals surface area contributed by atoms with Crippen molar-refractivity contribution in [2.45, 2.75) is 12.8 Å². The second-order valence-corrected chi connectivity index (χ2v) is 7.76. The lowest BCUT2D eigenvalue weighted by Crippen LogP contribution is -2.13. The van der Waals surface area contributed by atoms with Crippen LogP contribution in [0.5, 0.6) is 0 Å². The van der Waals surface area contributed by atoms with E-state index in [4.69, 9.17) is 0 Å². The van der Waals surface area contributed by atoms with Crippen LogP contribution in [0.4, 0.5) is 5.13 Å². The van der Waals surface area contributed by atoms with Gasteiger partial charge < -0.3 is 9.88 Å². The standard InChI is InChI=1S/C23H20N4O2S/c1-27-15-14-24-22(27)21-20(17-10-6-3-7-11-17)26-23(30-21)25-19(29)13-12-18(28)16-8-4-2-5-9-16/h2-11,14-15H,12-13H2,1H3,(H,25,26,29). The van der Waals surface area contributed by atoms with E-state index < -0.39 is 0 Å². The number of hydrogen-bond donors (Lipinski definition) is 1. The summed E-state index contributed by atoms with van der Waals surface area (Å²) in [5, 5.41) is 3.33. The molecule has 4 aromatic rings. The van der Waals surface area contributed by atoms with Crippen molar-refractivity contribution in [3.8, 4) is 22.0 Å². The van der Waals surface area contributed by atoms with Crippen LogP contribution in [0, 0.1) is 0 Å². The van der Waals surface area contributed by atoms with E-state index in [0.717, 1.165) is 22.0 Å². The van der Waals surface area contributed by atoms with E-state index in [0.29, 0.717) is 10.7 Å². The molecule has 0 radical (unpaired) electrons. The van der Waals surface area contributed by atoms with Crippen molar-refractivity contribution in [1.82, 2.24) is 14.5 Å². The minimum Gasteiger partial charge on any atom is -0.333 e. The molecule has 30 heavy (non-hydrogen) atoms. The number of carbonyl (C=O) groups is 2. The number of rotatable bonds is 7. The highest BCUT2D eigenvalue weighted by molar-refractivity contribution is 7.19. The third kappa shape index (κ3) is 4.36. The summed E-state index contributed by atoms with van der Waals surface area (Å²) in [6, 6.07) is 18.8. The molecular formula is C23H20N4O2S. The normalized spacial score (nSPS) is 10.7. The van der Waals surface area contributed by atoms with Gasteiger partial charge in [0.15, 0.2) is 16.7 Å². The van der Waals surface area contributed by atoms with Gasteiger partial charge in [-0.1, -0.05) is 72.0 Å². The molecule has 0 saturated heterocycles. The monoisotopic (exact) mass is 416 g/mol. The zero-order chi connectivity index (χ0) is 20.9. The summed E-state index contributed by atoms with van der Waals surface area (Å²) in [5.41, 5.74) is 2.33. The number of Topliss-reactive ketones (excluding diaryl/α,β-unsaturated/α-hetero) is 1. The summed E-state index contributed by atoms with van der Waals surface area (Å²) in [6.45, 7) is 0. The smallest absolute Gasteiger partial charge is 0.226 e. The number of benzene rings is 2. The number of anilines is 1. The van der Waals surface area contributed by atoms with Crippen LogP contribution < -0.4 is 5.32 Å². The molecule has 0 unspecified atom stereocenters. The number of imidazole rings is 1. The average molecular weight is 417 g/mol. The van der Waals surface area contributed by atoms with E-state index in [2.05, 4.69) is 15.3 Å². The molecular weight excluding hydrogens is 396 g/mol. The Kier molecular flexibility index (Phi) is 5.81. The summed E-state index contributed by atoms with van der Waals surface area (Å²) in [4.78, 5) is 34.6. The van der Waals surface area contributed by atoms with E-state index in [-0.39, 0.29) is 24.5 Å². The zero-order valence-electron chi connectivity index (χ0n) is 16.4. The molecule has 150 valence electrons. The van der Waals surface area contributed by atoms with Crippen LogP contribution in [0.3, 0.4) is 0 Å². The fraction of sp³-hybridized carbons (Fsp3) is 0.130. The number of nitrogens with one attached hydrogen (secondary N) is 1. The van der Waals surface area contributed by atoms with Crippen LogP contribution in [0.15, 0.2) is 73.1 Å². The number of hydrogen-bond acceptors (Lipinski definition) is 5. The number of aromatic nitrogens is 3. The third-order valence-electron chi connectivity index (χ3n) is 4.62. The van der Waals surface area contributed by atoms with Gasteiger partial charge in [0.1, 0.15) is 0 Å². The minimum atomic E-state index is -0.237. The van der Waals surface area contributed by atoms with Gasteiger partial charge in [-0.15, -0.1) is 0 Å². The van der Waals surface area contributed by atoms with E-state index in [1.165, 1.54) is 11.3 Å². The lowest BCUT2D eigenvalue weighted by Gasteiger charge is -2.02. The summed E-state index contributed by atoms with van der Waals surface area (Å²) >= 11 is 1.37. The fourth-order valence-electron chi connectivity index (χ4n) is 3.08. The maximum Gasteiger partial charge on any atom is 0.226 e. The van der Waals surface area contributed by atoms with Gasteiger partial charge in [0.2, 0.25) is 5.91 Å². The average Bonchev–Trinajstić information content (AvgIpc) is 3.39. The molecule has 4 rings (SSSR count). The second-order valence-electron chi connectivity index (χ2n) is 6.76.